The highest BCUT2D eigenvalue weighted by Crippen LogP contribution is 2.75. The molecule has 0 aromatic rings. The van der Waals surface area contributed by atoms with Gasteiger partial charge in [0.25, 0.3) is 0 Å². The number of fused-ring (bicyclic) bond motifs is 7. The summed E-state index contributed by atoms with van der Waals surface area (Å²) in [6.07, 6.45) is 36.9. The monoisotopic (exact) mass is 693 g/mol. The van der Waals surface area contributed by atoms with Crippen LogP contribution in [0.15, 0.2) is 11.6 Å². The Hall–Kier alpha value is -0.790. The van der Waals surface area contributed by atoms with Crippen LogP contribution in [-0.2, 0) is 9.53 Å². The van der Waals surface area contributed by atoms with E-state index in [1.165, 1.54) is 148 Å². The maximum atomic E-state index is 13.2. The van der Waals surface area contributed by atoms with Gasteiger partial charge in [-0.15, -0.1) is 0 Å². The van der Waals surface area contributed by atoms with Gasteiger partial charge in [-0.1, -0.05) is 164 Å². The SMILES string of the molecule is CCCCCCCCCCCCCCCCCC(=O)O[C@H]1CC[C@@]2(C)[C@H](CC[C@]3(C)[C@H]2CC=C2[C@@H]4CC(C)(C)CC[C@]4(C)CC[C@]23C)C1(C)C. The Labute approximate surface area is 311 Å². The van der Waals surface area contributed by atoms with Gasteiger partial charge in [0.15, 0.2) is 0 Å². The van der Waals surface area contributed by atoms with Crippen molar-refractivity contribution in [2.45, 2.75) is 235 Å². The molecule has 50 heavy (non-hydrogen) atoms. The minimum Gasteiger partial charge on any atom is -0.462 e. The molecule has 5 aliphatic rings. The van der Waals surface area contributed by atoms with Gasteiger partial charge < -0.3 is 4.74 Å². The lowest BCUT2D eigenvalue weighted by molar-refractivity contribution is -0.212. The third-order valence-corrected chi connectivity index (χ3v) is 17.3. The van der Waals surface area contributed by atoms with Gasteiger partial charge in [-0.2, -0.15) is 0 Å². The van der Waals surface area contributed by atoms with Gasteiger partial charge in [0.1, 0.15) is 6.10 Å². The van der Waals surface area contributed by atoms with E-state index in [-0.39, 0.29) is 17.5 Å². The second-order valence-corrected chi connectivity index (χ2v) is 21.4. The zero-order valence-corrected chi connectivity index (χ0v) is 35.1. The van der Waals surface area contributed by atoms with Crippen molar-refractivity contribution in [1.82, 2.24) is 0 Å². The van der Waals surface area contributed by atoms with E-state index in [2.05, 4.69) is 68.4 Å². The molecule has 0 heterocycles. The fraction of sp³-hybridized carbons (Fsp3) is 0.938. The molecule has 0 amide bonds. The first-order valence-electron chi connectivity index (χ1n) is 22.5. The quantitative estimate of drug-likeness (QED) is 0.0861. The number of ether oxygens (including phenoxy) is 1. The fourth-order valence-electron chi connectivity index (χ4n) is 13.6. The predicted octanol–water partition coefficient (Wildman–Crippen LogP) is 15.0. The van der Waals surface area contributed by atoms with Crippen LogP contribution in [0.1, 0.15) is 229 Å². The van der Waals surface area contributed by atoms with Crippen LogP contribution in [0.2, 0.25) is 0 Å². The molecule has 0 aromatic heterocycles. The Kier molecular flexibility index (Phi) is 13.2. The number of unbranched alkanes of at least 4 members (excludes halogenated alkanes) is 14. The first kappa shape index (κ1) is 40.4. The van der Waals surface area contributed by atoms with Crippen molar-refractivity contribution in [3.8, 4) is 0 Å². The molecule has 0 bridgehead atoms. The molecule has 0 radical (unpaired) electrons. The van der Waals surface area contributed by atoms with E-state index in [9.17, 15) is 4.79 Å². The summed E-state index contributed by atoms with van der Waals surface area (Å²) in [6.45, 7) is 23.1. The number of hydrogen-bond acceptors (Lipinski definition) is 2. The summed E-state index contributed by atoms with van der Waals surface area (Å²) < 4.78 is 6.43. The predicted molar refractivity (Wildman–Crippen MR) is 214 cm³/mol. The van der Waals surface area contributed by atoms with Gasteiger partial charge in [0.05, 0.1) is 0 Å². The van der Waals surface area contributed by atoms with Crippen LogP contribution in [0, 0.1) is 50.2 Å². The molecule has 4 saturated carbocycles. The lowest BCUT2D eigenvalue weighted by Crippen LogP contribution is -2.64. The number of allylic oxidation sites excluding steroid dienone is 2. The first-order chi connectivity index (χ1) is 23.6. The van der Waals surface area contributed by atoms with Gasteiger partial charge in [-0.05, 0) is 115 Å². The van der Waals surface area contributed by atoms with Crippen molar-refractivity contribution in [1.29, 1.82) is 0 Å². The van der Waals surface area contributed by atoms with E-state index >= 15 is 0 Å². The van der Waals surface area contributed by atoms with Gasteiger partial charge in [0, 0.05) is 11.8 Å². The second-order valence-electron chi connectivity index (χ2n) is 21.4. The largest absolute Gasteiger partial charge is 0.462 e. The summed E-state index contributed by atoms with van der Waals surface area (Å²) in [7, 11) is 0. The molecule has 0 saturated heterocycles. The van der Waals surface area contributed by atoms with Crippen LogP contribution >= 0.6 is 0 Å². The van der Waals surface area contributed by atoms with E-state index in [0.717, 1.165) is 24.7 Å². The number of carbonyl (C=O) groups is 1. The molecule has 5 aliphatic carbocycles. The Bertz CT molecular complexity index is 1150. The molecule has 0 unspecified atom stereocenters. The summed E-state index contributed by atoms with van der Waals surface area (Å²) in [6, 6.07) is 0. The lowest BCUT2D eigenvalue weighted by Gasteiger charge is -2.71. The van der Waals surface area contributed by atoms with Gasteiger partial charge >= 0.3 is 5.97 Å². The van der Waals surface area contributed by atoms with E-state index in [0.29, 0.717) is 39.4 Å². The van der Waals surface area contributed by atoms with Crippen LogP contribution < -0.4 is 0 Å². The summed E-state index contributed by atoms with van der Waals surface area (Å²) in [5, 5.41) is 0. The molecule has 0 aromatic carbocycles. The summed E-state index contributed by atoms with van der Waals surface area (Å²) in [5.41, 5.74) is 3.87. The van der Waals surface area contributed by atoms with Crippen molar-refractivity contribution in [3.63, 3.8) is 0 Å². The van der Waals surface area contributed by atoms with E-state index in [1.807, 2.05) is 5.57 Å². The molecule has 5 rings (SSSR count). The third kappa shape index (κ3) is 8.15. The molecule has 2 heteroatoms. The maximum Gasteiger partial charge on any atom is 0.306 e. The third-order valence-electron chi connectivity index (χ3n) is 17.3. The molecular formula is C48H84O2. The van der Waals surface area contributed by atoms with Crippen molar-refractivity contribution in [2.75, 3.05) is 0 Å². The second kappa shape index (κ2) is 16.3. The molecule has 2 nitrogen and oxygen atoms in total. The van der Waals surface area contributed by atoms with E-state index in [1.54, 1.807) is 0 Å². The Morgan fingerprint density at radius 1 is 0.660 bits per heavy atom. The minimum absolute atomic E-state index is 0.0302. The van der Waals surface area contributed by atoms with Gasteiger partial charge in [0.2, 0.25) is 0 Å². The van der Waals surface area contributed by atoms with Crippen LogP contribution in [0.4, 0.5) is 0 Å². The average molecular weight is 693 g/mol. The molecule has 0 spiro atoms. The van der Waals surface area contributed by atoms with Gasteiger partial charge in [-0.25, -0.2) is 0 Å². The van der Waals surface area contributed by atoms with Crippen LogP contribution in [-0.4, -0.2) is 12.1 Å². The minimum atomic E-state index is 0.0302. The van der Waals surface area contributed by atoms with Crippen molar-refractivity contribution in [2.24, 2.45) is 50.2 Å². The molecule has 288 valence electrons. The molecular weight excluding hydrogens is 609 g/mol. The summed E-state index contributed by atoms with van der Waals surface area (Å²) in [5.74, 6) is 2.18. The van der Waals surface area contributed by atoms with Crippen LogP contribution in [0.3, 0.4) is 0 Å². The summed E-state index contributed by atoms with van der Waals surface area (Å²) in [4.78, 5) is 13.2. The first-order valence-corrected chi connectivity index (χ1v) is 22.5. The highest BCUT2D eigenvalue weighted by atomic mass is 16.5. The Balaban J connectivity index is 1.07. The normalized spacial score (nSPS) is 38.6. The lowest BCUT2D eigenvalue weighted by atomic mass is 9.33. The van der Waals surface area contributed by atoms with E-state index < -0.39 is 0 Å². The van der Waals surface area contributed by atoms with Crippen LogP contribution in [0.25, 0.3) is 0 Å². The van der Waals surface area contributed by atoms with Crippen molar-refractivity contribution in [3.05, 3.63) is 11.6 Å². The number of rotatable bonds is 17. The number of esters is 1. The zero-order valence-electron chi connectivity index (χ0n) is 35.1. The standard InChI is InChI=1S/C48H84O2/c1-10-11-12-13-14-15-16-17-18-19-20-21-22-23-24-25-42(49)50-41-29-30-46(7)39(44(41,4)5)28-31-48(9)40(46)27-26-37-38-36-43(2,3)32-33-45(38,6)34-35-47(37,48)8/h26,38-41H,10-25,27-36H2,1-9H3/t38-,39+,40-,41-,45+,46-,47+,48+/m0/s1. The fourth-order valence-corrected chi connectivity index (χ4v) is 13.6. The summed E-state index contributed by atoms with van der Waals surface area (Å²) >= 11 is 0. The molecule has 8 atom stereocenters. The van der Waals surface area contributed by atoms with Crippen molar-refractivity contribution < 1.29 is 9.53 Å². The maximum absolute atomic E-state index is 13.2. The zero-order chi connectivity index (χ0) is 36.3. The van der Waals surface area contributed by atoms with E-state index in [4.69, 9.17) is 4.74 Å². The molecule has 4 fully saturated rings. The van der Waals surface area contributed by atoms with Crippen LogP contribution in [0.5, 0.6) is 0 Å². The molecule has 0 aliphatic heterocycles. The topological polar surface area (TPSA) is 26.3 Å². The van der Waals surface area contributed by atoms with Crippen molar-refractivity contribution >= 4 is 5.97 Å². The smallest absolute Gasteiger partial charge is 0.306 e. The highest BCUT2D eigenvalue weighted by Gasteiger charge is 2.68. The Morgan fingerprint density at radius 3 is 1.82 bits per heavy atom. The molecule has 0 N–H and O–H groups in total. The Morgan fingerprint density at radius 2 is 1.22 bits per heavy atom. The average Bonchev–Trinajstić information content (AvgIpc) is 3.05. The number of carbonyl (C=O) groups excluding carboxylic acids is 1. The number of hydrogen-bond donors (Lipinski definition) is 0. The van der Waals surface area contributed by atoms with Gasteiger partial charge in [-0.3, -0.25) is 4.79 Å². The highest BCUT2D eigenvalue weighted by molar-refractivity contribution is 5.69.